The van der Waals surface area contributed by atoms with E-state index in [-0.39, 0.29) is 12.3 Å². The van der Waals surface area contributed by atoms with E-state index in [0.717, 1.165) is 37.3 Å². The van der Waals surface area contributed by atoms with Gasteiger partial charge in [-0.1, -0.05) is 0 Å². The van der Waals surface area contributed by atoms with Gasteiger partial charge in [-0.2, -0.15) is 0 Å². The van der Waals surface area contributed by atoms with Gasteiger partial charge >= 0.3 is 5.97 Å². The second-order valence-corrected chi connectivity index (χ2v) is 5.10. The number of hydrogen-bond acceptors (Lipinski definition) is 5. The second kappa shape index (κ2) is 5.40. The van der Waals surface area contributed by atoms with Crippen molar-refractivity contribution in [2.24, 2.45) is 5.92 Å². The molecule has 1 saturated heterocycles. The van der Waals surface area contributed by atoms with Crippen LogP contribution in [0.5, 0.6) is 0 Å². The van der Waals surface area contributed by atoms with Crippen molar-refractivity contribution >= 4 is 23.0 Å². The average molecular weight is 272 g/mol. The maximum Gasteiger partial charge on any atom is 0.303 e. The number of pyridine rings is 1. The lowest BCUT2D eigenvalue weighted by atomic mass is 9.94. The third-order valence-electron chi connectivity index (χ3n) is 3.72. The molecule has 2 aromatic heterocycles. The minimum atomic E-state index is -0.706. The number of aromatic nitrogens is 3. The fourth-order valence-corrected chi connectivity index (χ4v) is 2.63. The predicted octanol–water partition coefficient (Wildman–Crippen LogP) is 1.72. The van der Waals surface area contributed by atoms with Gasteiger partial charge in [0.15, 0.2) is 5.65 Å². The van der Waals surface area contributed by atoms with Crippen LogP contribution in [0.3, 0.4) is 0 Å². The summed E-state index contributed by atoms with van der Waals surface area (Å²) in [5.74, 6) is 0.471. The molecule has 0 unspecified atom stereocenters. The summed E-state index contributed by atoms with van der Waals surface area (Å²) in [7, 11) is 0. The van der Waals surface area contributed by atoms with Crippen LogP contribution in [0, 0.1) is 5.92 Å². The monoisotopic (exact) mass is 272 g/mol. The summed E-state index contributed by atoms with van der Waals surface area (Å²) in [5, 5.41) is 8.83. The van der Waals surface area contributed by atoms with Crippen molar-refractivity contribution in [1.29, 1.82) is 0 Å². The molecule has 1 aliphatic rings. The number of carbonyl (C=O) groups is 1. The van der Waals surface area contributed by atoms with Crippen LogP contribution in [0.15, 0.2) is 24.5 Å². The Morgan fingerprint density at radius 2 is 2.00 bits per heavy atom. The summed E-state index contributed by atoms with van der Waals surface area (Å²) in [6.45, 7) is 1.69. The van der Waals surface area contributed by atoms with Gasteiger partial charge in [0.05, 0.1) is 0 Å². The van der Waals surface area contributed by atoms with Gasteiger partial charge in [-0.25, -0.2) is 9.97 Å². The van der Waals surface area contributed by atoms with E-state index >= 15 is 0 Å². The maximum atomic E-state index is 10.7. The van der Waals surface area contributed by atoms with E-state index in [1.807, 2.05) is 12.1 Å². The van der Waals surface area contributed by atoms with Crippen molar-refractivity contribution in [2.45, 2.75) is 19.3 Å². The highest BCUT2D eigenvalue weighted by Crippen LogP contribution is 2.24. The van der Waals surface area contributed by atoms with Crippen molar-refractivity contribution in [3.8, 4) is 0 Å². The minimum absolute atomic E-state index is 0.268. The first-order chi connectivity index (χ1) is 9.72. The minimum Gasteiger partial charge on any atom is -0.481 e. The highest BCUT2D eigenvalue weighted by atomic mass is 16.4. The van der Waals surface area contributed by atoms with Crippen LogP contribution in [0.25, 0.3) is 11.2 Å². The number of carboxylic acid groups (broad SMARTS) is 1. The molecule has 0 bridgehead atoms. The molecule has 0 aromatic carbocycles. The van der Waals surface area contributed by atoms with Crippen LogP contribution >= 0.6 is 0 Å². The molecule has 6 heteroatoms. The molecule has 6 nitrogen and oxygen atoms in total. The molecule has 3 heterocycles. The Labute approximate surface area is 116 Å². The average Bonchev–Trinajstić information content (AvgIpc) is 2.47. The Kier molecular flexibility index (Phi) is 3.45. The molecule has 1 fully saturated rings. The first kappa shape index (κ1) is 12.8. The molecule has 0 radical (unpaired) electrons. The zero-order valence-corrected chi connectivity index (χ0v) is 11.1. The zero-order valence-electron chi connectivity index (χ0n) is 11.1. The number of anilines is 1. The maximum absolute atomic E-state index is 10.7. The first-order valence-corrected chi connectivity index (χ1v) is 6.77. The lowest BCUT2D eigenvalue weighted by Crippen LogP contribution is -2.34. The molecule has 1 N–H and O–H groups in total. The SMILES string of the molecule is O=C(O)CC1CCN(c2ccc3nccnc3n2)CC1. The number of hydrogen-bond donors (Lipinski definition) is 1. The Morgan fingerprint density at radius 1 is 1.25 bits per heavy atom. The summed E-state index contributed by atoms with van der Waals surface area (Å²) in [5.41, 5.74) is 1.44. The van der Waals surface area contributed by atoms with Crippen molar-refractivity contribution in [3.63, 3.8) is 0 Å². The quantitative estimate of drug-likeness (QED) is 0.916. The fourth-order valence-electron chi connectivity index (χ4n) is 2.63. The predicted molar refractivity (Wildman–Crippen MR) is 74.5 cm³/mol. The number of fused-ring (bicyclic) bond motifs is 1. The van der Waals surface area contributed by atoms with E-state index in [0.29, 0.717) is 5.65 Å². The molecule has 2 aromatic rings. The van der Waals surface area contributed by atoms with Gasteiger partial charge in [-0.05, 0) is 30.9 Å². The van der Waals surface area contributed by atoms with Gasteiger partial charge in [0.25, 0.3) is 0 Å². The second-order valence-electron chi connectivity index (χ2n) is 5.10. The third kappa shape index (κ3) is 2.68. The van der Waals surface area contributed by atoms with E-state index < -0.39 is 5.97 Å². The Morgan fingerprint density at radius 3 is 2.75 bits per heavy atom. The molecule has 0 saturated carbocycles. The van der Waals surface area contributed by atoms with Gasteiger partial charge in [-0.15, -0.1) is 0 Å². The first-order valence-electron chi connectivity index (χ1n) is 6.77. The van der Waals surface area contributed by atoms with E-state index in [1.54, 1.807) is 12.4 Å². The standard InChI is InChI=1S/C14H16N4O2/c19-13(20)9-10-3-7-18(8-4-10)12-2-1-11-14(17-12)16-6-5-15-11/h1-2,5-6,10H,3-4,7-9H2,(H,19,20). The molecule has 0 spiro atoms. The Balaban J connectivity index is 1.71. The molecule has 104 valence electrons. The third-order valence-corrected chi connectivity index (χ3v) is 3.72. The van der Waals surface area contributed by atoms with Crippen LogP contribution in [0.4, 0.5) is 5.82 Å². The lowest BCUT2D eigenvalue weighted by molar-refractivity contribution is -0.138. The van der Waals surface area contributed by atoms with Crippen molar-refractivity contribution < 1.29 is 9.90 Å². The van der Waals surface area contributed by atoms with E-state index in [9.17, 15) is 4.79 Å². The van der Waals surface area contributed by atoms with Crippen molar-refractivity contribution in [1.82, 2.24) is 15.0 Å². The molecule has 0 amide bonds. The van der Waals surface area contributed by atoms with Gasteiger partial charge in [0.1, 0.15) is 11.3 Å². The van der Waals surface area contributed by atoms with Crippen molar-refractivity contribution in [3.05, 3.63) is 24.5 Å². The molecule has 3 rings (SSSR count). The largest absolute Gasteiger partial charge is 0.481 e. The molecule has 0 atom stereocenters. The van der Waals surface area contributed by atoms with Gasteiger partial charge < -0.3 is 10.0 Å². The molecule has 1 aliphatic heterocycles. The molecular formula is C14H16N4O2. The van der Waals surface area contributed by atoms with Crippen LogP contribution in [0.1, 0.15) is 19.3 Å². The smallest absolute Gasteiger partial charge is 0.303 e. The molecule has 20 heavy (non-hydrogen) atoms. The van der Waals surface area contributed by atoms with E-state index in [1.165, 1.54) is 0 Å². The molecule has 0 aliphatic carbocycles. The van der Waals surface area contributed by atoms with Crippen LogP contribution in [-0.2, 0) is 4.79 Å². The van der Waals surface area contributed by atoms with Crippen LogP contribution < -0.4 is 4.90 Å². The topological polar surface area (TPSA) is 79.2 Å². The van der Waals surface area contributed by atoms with Gasteiger partial charge in [-0.3, -0.25) is 9.78 Å². The summed E-state index contributed by atoms with van der Waals surface area (Å²) < 4.78 is 0. The summed E-state index contributed by atoms with van der Waals surface area (Å²) in [4.78, 5) is 25.8. The Bertz CT molecular complexity index is 623. The van der Waals surface area contributed by atoms with Gasteiger partial charge in [0, 0.05) is 31.9 Å². The molecular weight excluding hydrogens is 256 g/mol. The van der Waals surface area contributed by atoms with Crippen LogP contribution in [-0.4, -0.2) is 39.1 Å². The summed E-state index contributed by atoms with van der Waals surface area (Å²) in [6.07, 6.45) is 5.35. The van der Waals surface area contributed by atoms with Gasteiger partial charge in [0.2, 0.25) is 0 Å². The Hall–Kier alpha value is -2.24. The summed E-state index contributed by atoms with van der Waals surface area (Å²) in [6, 6.07) is 3.88. The van der Waals surface area contributed by atoms with E-state index in [2.05, 4.69) is 19.9 Å². The number of piperidine rings is 1. The number of aliphatic carboxylic acids is 1. The van der Waals surface area contributed by atoms with Crippen molar-refractivity contribution in [2.75, 3.05) is 18.0 Å². The van der Waals surface area contributed by atoms with E-state index in [4.69, 9.17) is 5.11 Å². The zero-order chi connectivity index (χ0) is 13.9. The number of nitrogens with zero attached hydrogens (tertiary/aromatic N) is 4. The van der Waals surface area contributed by atoms with Crippen LogP contribution in [0.2, 0.25) is 0 Å². The lowest BCUT2D eigenvalue weighted by Gasteiger charge is -2.32. The normalized spacial score (nSPS) is 16.5. The fraction of sp³-hybridized carbons (Fsp3) is 0.429. The summed E-state index contributed by atoms with van der Waals surface area (Å²) >= 11 is 0. The number of carboxylic acids is 1. The highest BCUT2D eigenvalue weighted by molar-refractivity contribution is 5.71. The number of rotatable bonds is 3. The highest BCUT2D eigenvalue weighted by Gasteiger charge is 2.22.